The van der Waals surface area contributed by atoms with E-state index in [0.717, 1.165) is 13.0 Å². The fourth-order valence-corrected chi connectivity index (χ4v) is 3.02. The van der Waals surface area contributed by atoms with Crippen LogP contribution < -0.4 is 11.1 Å². The van der Waals surface area contributed by atoms with Crippen molar-refractivity contribution in [3.05, 3.63) is 23.8 Å². The van der Waals surface area contributed by atoms with Crippen LogP contribution in [0.4, 0.5) is 18.9 Å². The molecule has 3 N–H and O–H groups in total. The summed E-state index contributed by atoms with van der Waals surface area (Å²) in [5.41, 5.74) is 3.81. The Morgan fingerprint density at radius 3 is 2.38 bits per heavy atom. The maximum atomic E-state index is 12.5. The van der Waals surface area contributed by atoms with Crippen LogP contribution in [0.15, 0.2) is 23.1 Å². The number of hydrogen-bond donors (Lipinski definition) is 2. The summed E-state index contributed by atoms with van der Waals surface area (Å²) < 4.78 is 62.0. The quantitative estimate of drug-likeness (QED) is 0.823. The predicted octanol–water partition coefficient (Wildman–Crippen LogP) is 1.59. The van der Waals surface area contributed by atoms with Gasteiger partial charge in [-0.1, -0.05) is 0 Å². The molecule has 118 valence electrons. The lowest BCUT2D eigenvalue weighted by molar-refractivity contribution is -0.137. The van der Waals surface area contributed by atoms with E-state index in [0.29, 0.717) is 12.1 Å². The van der Waals surface area contributed by atoms with Crippen molar-refractivity contribution in [1.29, 1.82) is 0 Å². The number of anilines is 1. The first-order chi connectivity index (χ1) is 9.51. The van der Waals surface area contributed by atoms with Gasteiger partial charge in [-0.05, 0) is 32.0 Å². The van der Waals surface area contributed by atoms with Gasteiger partial charge >= 0.3 is 6.18 Å². The number of amides is 1. The Bertz CT molecular complexity index is 642. The van der Waals surface area contributed by atoms with E-state index in [1.165, 1.54) is 0 Å². The highest BCUT2D eigenvalue weighted by Crippen LogP contribution is 2.33. The first-order valence-corrected chi connectivity index (χ1v) is 7.54. The van der Waals surface area contributed by atoms with Gasteiger partial charge in [-0.25, -0.2) is 8.42 Å². The van der Waals surface area contributed by atoms with Crippen LogP contribution in [-0.2, 0) is 20.8 Å². The van der Waals surface area contributed by atoms with Crippen LogP contribution in [0.2, 0.25) is 0 Å². The summed E-state index contributed by atoms with van der Waals surface area (Å²) in [6, 6.07) is 1.92. The van der Waals surface area contributed by atoms with Gasteiger partial charge in [0, 0.05) is 6.54 Å². The van der Waals surface area contributed by atoms with Gasteiger partial charge in [-0.2, -0.15) is 13.2 Å². The summed E-state index contributed by atoms with van der Waals surface area (Å²) in [4.78, 5) is 11.1. The van der Waals surface area contributed by atoms with Gasteiger partial charge in [-0.15, -0.1) is 0 Å². The third-order valence-electron chi connectivity index (χ3n) is 2.83. The molecule has 0 aliphatic rings. The van der Waals surface area contributed by atoms with Crippen molar-refractivity contribution < 1.29 is 26.4 Å². The minimum absolute atomic E-state index is 0.237. The van der Waals surface area contributed by atoms with Crippen LogP contribution in [-0.4, -0.2) is 26.1 Å². The van der Waals surface area contributed by atoms with Crippen LogP contribution in [0.25, 0.3) is 0 Å². The highest BCUT2D eigenvalue weighted by molar-refractivity contribution is 7.93. The number of halogens is 3. The molecule has 0 aromatic heterocycles. The Morgan fingerprint density at radius 2 is 1.95 bits per heavy atom. The van der Waals surface area contributed by atoms with Gasteiger partial charge in [0.2, 0.25) is 5.91 Å². The number of rotatable bonds is 4. The molecule has 0 saturated heterocycles. The highest BCUT2D eigenvalue weighted by Gasteiger charge is 2.34. The predicted molar refractivity (Wildman–Crippen MR) is 71.2 cm³/mol. The van der Waals surface area contributed by atoms with E-state index in [4.69, 9.17) is 5.73 Å². The maximum absolute atomic E-state index is 12.5. The van der Waals surface area contributed by atoms with E-state index in [2.05, 4.69) is 5.32 Å². The molecule has 0 fully saturated rings. The van der Waals surface area contributed by atoms with Crippen molar-refractivity contribution in [2.45, 2.75) is 30.2 Å². The second-order valence-corrected chi connectivity index (χ2v) is 6.57. The number of carbonyl (C=O) groups excluding carboxylic acids is 1. The zero-order valence-corrected chi connectivity index (χ0v) is 12.2. The molecular weight excluding hydrogens is 309 g/mol. The number of nitrogens with two attached hydrogens (primary N) is 1. The fraction of sp³-hybridized carbons (Fsp3) is 0.417. The molecule has 0 spiro atoms. The van der Waals surface area contributed by atoms with Crippen molar-refractivity contribution in [2.24, 2.45) is 0 Å². The van der Waals surface area contributed by atoms with Gasteiger partial charge < -0.3 is 11.1 Å². The molecule has 1 atom stereocenters. The van der Waals surface area contributed by atoms with Crippen LogP contribution >= 0.6 is 0 Å². The first kappa shape index (κ1) is 17.3. The molecule has 1 aromatic rings. The molecular formula is C12H15F3N2O3S. The fourth-order valence-electron chi connectivity index (χ4n) is 1.63. The van der Waals surface area contributed by atoms with Crippen molar-refractivity contribution >= 4 is 21.4 Å². The zero-order chi connectivity index (χ0) is 16.4. The molecule has 5 nitrogen and oxygen atoms in total. The van der Waals surface area contributed by atoms with Gasteiger partial charge in [0.15, 0.2) is 9.84 Å². The monoisotopic (exact) mass is 324 g/mol. The number of nitrogen functional groups attached to an aromatic ring is 1. The molecule has 1 rings (SSSR count). The van der Waals surface area contributed by atoms with E-state index >= 15 is 0 Å². The van der Waals surface area contributed by atoms with Crippen LogP contribution in [0.5, 0.6) is 0 Å². The van der Waals surface area contributed by atoms with E-state index in [1.54, 1.807) is 6.92 Å². The average Bonchev–Trinajstić information content (AvgIpc) is 2.36. The topological polar surface area (TPSA) is 89.3 Å². The number of benzene rings is 1. The lowest BCUT2D eigenvalue weighted by Gasteiger charge is -2.15. The van der Waals surface area contributed by atoms with Crippen molar-refractivity contribution in [1.82, 2.24) is 5.32 Å². The van der Waals surface area contributed by atoms with Crippen LogP contribution in [0.1, 0.15) is 19.4 Å². The molecule has 1 unspecified atom stereocenters. The van der Waals surface area contributed by atoms with Gasteiger partial charge in [0.25, 0.3) is 0 Å². The lowest BCUT2D eigenvalue weighted by Crippen LogP contribution is -2.38. The molecule has 1 amide bonds. The third kappa shape index (κ3) is 3.66. The number of nitrogens with one attached hydrogen (secondary N) is 1. The molecule has 0 radical (unpaired) electrons. The summed E-state index contributed by atoms with van der Waals surface area (Å²) in [6.45, 7) is 3.00. The molecule has 1 aromatic carbocycles. The van der Waals surface area contributed by atoms with E-state index in [1.807, 2.05) is 0 Å². The molecule has 21 heavy (non-hydrogen) atoms. The Balaban J connectivity index is 3.24. The van der Waals surface area contributed by atoms with E-state index in [-0.39, 0.29) is 6.54 Å². The van der Waals surface area contributed by atoms with Gasteiger partial charge in [-0.3, -0.25) is 4.79 Å². The Kier molecular flexibility index (Phi) is 4.87. The first-order valence-electron chi connectivity index (χ1n) is 6.00. The minimum atomic E-state index is -4.62. The largest absolute Gasteiger partial charge is 0.416 e. The van der Waals surface area contributed by atoms with E-state index in [9.17, 15) is 26.4 Å². The Labute approximate surface area is 120 Å². The summed E-state index contributed by atoms with van der Waals surface area (Å²) in [5, 5.41) is 0.890. The highest BCUT2D eigenvalue weighted by atomic mass is 32.2. The SMILES string of the molecule is CCNC(=O)C(C)S(=O)(=O)c1ccc(C(F)(F)F)cc1N. The molecule has 0 heterocycles. The van der Waals surface area contributed by atoms with Crippen molar-refractivity contribution in [2.75, 3.05) is 12.3 Å². The lowest BCUT2D eigenvalue weighted by atomic mass is 10.2. The second-order valence-electron chi connectivity index (χ2n) is 4.33. The number of alkyl halides is 3. The molecule has 0 bridgehead atoms. The Hall–Kier alpha value is -1.77. The molecule has 0 aliphatic heterocycles. The average molecular weight is 324 g/mol. The summed E-state index contributed by atoms with van der Waals surface area (Å²) in [7, 11) is -4.16. The van der Waals surface area contributed by atoms with Gasteiger partial charge in [0.1, 0.15) is 5.25 Å². The van der Waals surface area contributed by atoms with Crippen molar-refractivity contribution in [3.63, 3.8) is 0 Å². The standard InChI is InChI=1S/C12H15F3N2O3S/c1-3-17-11(18)7(2)21(19,20)10-5-4-8(6-9(10)16)12(13,14)15/h4-7H,3,16H2,1-2H3,(H,17,18). The Morgan fingerprint density at radius 1 is 1.38 bits per heavy atom. The second kappa shape index (κ2) is 5.92. The number of carbonyl (C=O) groups is 1. The van der Waals surface area contributed by atoms with Crippen LogP contribution in [0.3, 0.4) is 0 Å². The summed E-state index contributed by atoms with van der Waals surface area (Å²) in [6.07, 6.45) is -4.62. The zero-order valence-electron chi connectivity index (χ0n) is 11.4. The number of hydrogen-bond acceptors (Lipinski definition) is 4. The van der Waals surface area contributed by atoms with Crippen molar-refractivity contribution in [3.8, 4) is 0 Å². The van der Waals surface area contributed by atoms with Gasteiger partial charge in [0.05, 0.1) is 16.1 Å². The third-order valence-corrected chi connectivity index (χ3v) is 4.96. The maximum Gasteiger partial charge on any atom is 0.416 e. The van der Waals surface area contributed by atoms with Crippen LogP contribution in [0, 0.1) is 0 Å². The summed E-state index contributed by atoms with van der Waals surface area (Å²) in [5.74, 6) is -0.739. The molecule has 0 aliphatic carbocycles. The number of sulfone groups is 1. The smallest absolute Gasteiger partial charge is 0.398 e. The van der Waals surface area contributed by atoms with E-state index < -0.39 is 43.3 Å². The normalized spacial score (nSPS) is 13.8. The molecule has 0 saturated carbocycles. The summed E-state index contributed by atoms with van der Waals surface area (Å²) >= 11 is 0. The minimum Gasteiger partial charge on any atom is -0.398 e. The molecule has 9 heteroatoms.